The fraction of sp³-hybridized carbons (Fsp3) is 0.875. The minimum Gasteiger partial charge on any atom is -0.395 e. The van der Waals surface area contributed by atoms with E-state index in [2.05, 4.69) is 6.07 Å². The number of aliphatic hydroxyl groups excluding tert-OH is 1. The van der Waals surface area contributed by atoms with Gasteiger partial charge in [0.05, 0.1) is 24.2 Å². The van der Waals surface area contributed by atoms with Crippen molar-refractivity contribution in [1.82, 2.24) is 0 Å². The van der Waals surface area contributed by atoms with Crippen LogP contribution in [-0.4, -0.2) is 23.9 Å². The molecule has 0 aliphatic carbocycles. The maximum atomic E-state index is 8.85. The predicted molar refractivity (Wildman–Crippen MR) is 39.8 cm³/mol. The summed E-state index contributed by atoms with van der Waals surface area (Å²) in [5.41, 5.74) is -0.399. The summed E-state index contributed by atoms with van der Waals surface area (Å²) in [6.07, 6.45) is 1.88. The first-order valence-corrected chi connectivity index (χ1v) is 3.87. The Bertz CT molecular complexity index is 167. The number of rotatable bonds is 2. The molecule has 0 saturated carbocycles. The van der Waals surface area contributed by atoms with E-state index in [1.807, 2.05) is 6.92 Å². The molecule has 3 heteroatoms. The van der Waals surface area contributed by atoms with Crippen molar-refractivity contribution in [1.29, 1.82) is 5.26 Å². The third-order valence-electron chi connectivity index (χ3n) is 2.32. The standard InChI is InChI=1S/C8H13NO2/c1-8(3-2-4-11-8)7(5-9)6-10/h7,10H,2-4,6H2,1H3. The van der Waals surface area contributed by atoms with Gasteiger partial charge in [0, 0.05) is 6.61 Å². The first kappa shape index (κ1) is 8.51. The normalized spacial score (nSPS) is 33.2. The van der Waals surface area contributed by atoms with E-state index in [1.54, 1.807) is 0 Å². The Kier molecular flexibility index (Phi) is 2.48. The summed E-state index contributed by atoms with van der Waals surface area (Å²) in [6, 6.07) is 2.06. The van der Waals surface area contributed by atoms with Crippen molar-refractivity contribution in [3.63, 3.8) is 0 Å². The average molecular weight is 155 g/mol. The number of nitriles is 1. The van der Waals surface area contributed by atoms with Crippen LogP contribution in [0.2, 0.25) is 0 Å². The highest BCUT2D eigenvalue weighted by molar-refractivity contribution is 4.98. The molecule has 2 unspecified atom stereocenters. The Morgan fingerprint density at radius 3 is 2.91 bits per heavy atom. The highest BCUT2D eigenvalue weighted by atomic mass is 16.5. The van der Waals surface area contributed by atoms with E-state index in [9.17, 15) is 0 Å². The minimum atomic E-state index is -0.399. The molecule has 0 amide bonds. The highest BCUT2D eigenvalue weighted by Gasteiger charge is 2.38. The van der Waals surface area contributed by atoms with Crippen molar-refractivity contribution in [2.75, 3.05) is 13.2 Å². The van der Waals surface area contributed by atoms with Crippen LogP contribution in [0.4, 0.5) is 0 Å². The topological polar surface area (TPSA) is 53.2 Å². The Morgan fingerprint density at radius 1 is 1.82 bits per heavy atom. The molecule has 0 radical (unpaired) electrons. The quantitative estimate of drug-likeness (QED) is 0.638. The Balaban J connectivity index is 2.62. The lowest BCUT2D eigenvalue weighted by Crippen LogP contribution is -2.35. The first-order valence-electron chi connectivity index (χ1n) is 3.87. The molecule has 1 saturated heterocycles. The zero-order valence-electron chi connectivity index (χ0n) is 6.71. The van der Waals surface area contributed by atoms with Gasteiger partial charge in [0.25, 0.3) is 0 Å². The molecule has 62 valence electrons. The lowest BCUT2D eigenvalue weighted by molar-refractivity contribution is -0.0266. The molecule has 0 bridgehead atoms. The summed E-state index contributed by atoms with van der Waals surface area (Å²) in [5.74, 6) is -0.370. The summed E-state index contributed by atoms with van der Waals surface area (Å²) < 4.78 is 5.40. The summed E-state index contributed by atoms with van der Waals surface area (Å²) >= 11 is 0. The summed E-state index contributed by atoms with van der Waals surface area (Å²) in [6.45, 7) is 2.51. The SMILES string of the molecule is CC1(C(C#N)CO)CCCO1. The molecular formula is C8H13NO2. The second-order valence-electron chi connectivity index (χ2n) is 3.13. The van der Waals surface area contributed by atoms with Crippen molar-refractivity contribution in [3.05, 3.63) is 0 Å². The van der Waals surface area contributed by atoms with E-state index in [0.717, 1.165) is 12.8 Å². The van der Waals surface area contributed by atoms with Gasteiger partial charge < -0.3 is 9.84 Å². The molecule has 0 aromatic carbocycles. The number of hydrogen-bond acceptors (Lipinski definition) is 3. The molecule has 1 fully saturated rings. The van der Waals surface area contributed by atoms with Crippen molar-refractivity contribution < 1.29 is 9.84 Å². The molecule has 3 nitrogen and oxygen atoms in total. The van der Waals surface area contributed by atoms with Crippen LogP contribution in [0.15, 0.2) is 0 Å². The molecule has 1 aliphatic rings. The molecule has 1 rings (SSSR count). The third-order valence-corrected chi connectivity index (χ3v) is 2.32. The van der Waals surface area contributed by atoms with Gasteiger partial charge in [0.15, 0.2) is 0 Å². The van der Waals surface area contributed by atoms with E-state index in [4.69, 9.17) is 15.1 Å². The zero-order valence-corrected chi connectivity index (χ0v) is 6.71. The fourth-order valence-electron chi connectivity index (χ4n) is 1.45. The van der Waals surface area contributed by atoms with E-state index in [1.165, 1.54) is 0 Å². The Hall–Kier alpha value is -0.590. The van der Waals surface area contributed by atoms with Crippen LogP contribution in [0, 0.1) is 17.2 Å². The van der Waals surface area contributed by atoms with Gasteiger partial charge in [-0.3, -0.25) is 0 Å². The van der Waals surface area contributed by atoms with Crippen LogP contribution in [0.3, 0.4) is 0 Å². The first-order chi connectivity index (χ1) is 5.23. The molecule has 1 aliphatic heterocycles. The Morgan fingerprint density at radius 2 is 2.55 bits per heavy atom. The second kappa shape index (κ2) is 3.21. The monoisotopic (exact) mass is 155 g/mol. The molecule has 1 heterocycles. The van der Waals surface area contributed by atoms with E-state index in [-0.39, 0.29) is 12.5 Å². The Labute approximate surface area is 66.6 Å². The molecule has 1 N–H and O–H groups in total. The van der Waals surface area contributed by atoms with Gasteiger partial charge >= 0.3 is 0 Å². The van der Waals surface area contributed by atoms with Gasteiger partial charge in [-0.15, -0.1) is 0 Å². The second-order valence-corrected chi connectivity index (χ2v) is 3.13. The molecule has 0 aromatic heterocycles. The van der Waals surface area contributed by atoms with Crippen LogP contribution >= 0.6 is 0 Å². The summed E-state index contributed by atoms with van der Waals surface area (Å²) in [4.78, 5) is 0. The molecule has 2 atom stereocenters. The van der Waals surface area contributed by atoms with Crippen LogP contribution in [-0.2, 0) is 4.74 Å². The lowest BCUT2D eigenvalue weighted by Gasteiger charge is -2.26. The molecule has 0 spiro atoms. The van der Waals surface area contributed by atoms with E-state index >= 15 is 0 Å². The highest BCUT2D eigenvalue weighted by Crippen LogP contribution is 2.31. The minimum absolute atomic E-state index is 0.104. The van der Waals surface area contributed by atoms with E-state index in [0.29, 0.717) is 6.61 Å². The number of ether oxygens (including phenoxy) is 1. The van der Waals surface area contributed by atoms with Gasteiger partial charge in [0.2, 0.25) is 0 Å². The van der Waals surface area contributed by atoms with Gasteiger partial charge in [-0.25, -0.2) is 0 Å². The zero-order chi connectivity index (χ0) is 8.32. The predicted octanol–water partition coefficient (Wildman–Crippen LogP) is 0.688. The largest absolute Gasteiger partial charge is 0.395 e. The number of nitrogens with zero attached hydrogens (tertiary/aromatic N) is 1. The van der Waals surface area contributed by atoms with Gasteiger partial charge in [-0.2, -0.15) is 5.26 Å². The van der Waals surface area contributed by atoms with Gasteiger partial charge in [0.1, 0.15) is 0 Å². The van der Waals surface area contributed by atoms with Crippen LogP contribution in [0.25, 0.3) is 0 Å². The summed E-state index contributed by atoms with van der Waals surface area (Å²) in [7, 11) is 0. The smallest absolute Gasteiger partial charge is 0.0980 e. The van der Waals surface area contributed by atoms with E-state index < -0.39 is 5.60 Å². The number of aliphatic hydroxyl groups is 1. The third kappa shape index (κ3) is 1.52. The number of hydrogen-bond donors (Lipinski definition) is 1. The van der Waals surface area contributed by atoms with Crippen molar-refractivity contribution in [3.8, 4) is 6.07 Å². The maximum Gasteiger partial charge on any atom is 0.0980 e. The van der Waals surface area contributed by atoms with Gasteiger partial charge in [-0.05, 0) is 19.8 Å². The van der Waals surface area contributed by atoms with Crippen LogP contribution in [0.5, 0.6) is 0 Å². The van der Waals surface area contributed by atoms with Crippen LogP contribution < -0.4 is 0 Å². The molecular weight excluding hydrogens is 142 g/mol. The summed E-state index contributed by atoms with van der Waals surface area (Å²) in [5, 5.41) is 17.5. The maximum absolute atomic E-state index is 8.85. The van der Waals surface area contributed by atoms with Crippen molar-refractivity contribution in [2.45, 2.75) is 25.4 Å². The lowest BCUT2D eigenvalue weighted by atomic mass is 9.88. The average Bonchev–Trinajstić information content (AvgIpc) is 2.39. The molecule has 0 aromatic rings. The van der Waals surface area contributed by atoms with Gasteiger partial charge in [-0.1, -0.05) is 0 Å². The van der Waals surface area contributed by atoms with Crippen LogP contribution in [0.1, 0.15) is 19.8 Å². The van der Waals surface area contributed by atoms with Crippen molar-refractivity contribution in [2.24, 2.45) is 5.92 Å². The fourth-order valence-corrected chi connectivity index (χ4v) is 1.45. The van der Waals surface area contributed by atoms with Crippen molar-refractivity contribution >= 4 is 0 Å². The molecule has 11 heavy (non-hydrogen) atoms.